The van der Waals surface area contributed by atoms with Crippen LogP contribution < -0.4 is 10.4 Å². The fraction of sp³-hybridized carbons (Fsp3) is 0.588. The lowest BCUT2D eigenvalue weighted by Gasteiger charge is -2.32. The second-order valence-electron chi connectivity index (χ2n) is 7.28. The van der Waals surface area contributed by atoms with Crippen molar-refractivity contribution in [3.63, 3.8) is 0 Å². The van der Waals surface area contributed by atoms with E-state index in [0.29, 0.717) is 6.42 Å². The SMILES string of the molecule is Cc1cc(N2CCCC2=O)ccc1B1OC(C)(C)C(C)(C)O1. The van der Waals surface area contributed by atoms with Crippen LogP contribution in [0.4, 0.5) is 5.69 Å². The molecule has 0 aromatic heterocycles. The number of nitrogens with zero attached hydrogens (tertiary/aromatic N) is 1. The summed E-state index contributed by atoms with van der Waals surface area (Å²) in [6, 6.07) is 6.08. The molecule has 1 aromatic rings. The van der Waals surface area contributed by atoms with E-state index in [1.54, 1.807) is 0 Å². The van der Waals surface area contributed by atoms with Crippen molar-refractivity contribution in [2.45, 2.75) is 58.7 Å². The summed E-state index contributed by atoms with van der Waals surface area (Å²) in [5.74, 6) is 0.211. The van der Waals surface area contributed by atoms with E-state index in [1.807, 2.05) is 24.0 Å². The third-order valence-corrected chi connectivity index (χ3v) is 5.15. The Hall–Kier alpha value is -1.33. The third kappa shape index (κ3) is 2.46. The number of anilines is 1. The average molecular weight is 301 g/mol. The largest absolute Gasteiger partial charge is 0.495 e. The topological polar surface area (TPSA) is 38.8 Å². The second-order valence-corrected chi connectivity index (χ2v) is 7.28. The van der Waals surface area contributed by atoms with Crippen molar-refractivity contribution in [2.75, 3.05) is 11.4 Å². The minimum atomic E-state index is -0.353. The van der Waals surface area contributed by atoms with Gasteiger partial charge in [0, 0.05) is 18.7 Å². The first kappa shape index (κ1) is 15.6. The van der Waals surface area contributed by atoms with E-state index in [1.165, 1.54) is 0 Å². The van der Waals surface area contributed by atoms with Gasteiger partial charge in [0.1, 0.15) is 0 Å². The standard InChI is InChI=1S/C17H24BNO3/c1-12-11-13(19-10-6-7-15(19)20)8-9-14(12)18-21-16(2,3)17(4,5)22-18/h8-9,11H,6-7,10H2,1-5H3. The fourth-order valence-electron chi connectivity index (χ4n) is 2.98. The molecule has 22 heavy (non-hydrogen) atoms. The molecule has 1 aromatic carbocycles. The predicted octanol–water partition coefficient (Wildman–Crippen LogP) is 2.42. The van der Waals surface area contributed by atoms with Crippen LogP contribution in [0.15, 0.2) is 18.2 Å². The van der Waals surface area contributed by atoms with Gasteiger partial charge < -0.3 is 14.2 Å². The van der Waals surface area contributed by atoms with Gasteiger partial charge in [0.25, 0.3) is 0 Å². The maximum atomic E-state index is 11.9. The Labute approximate surface area is 132 Å². The van der Waals surface area contributed by atoms with Crippen LogP contribution in [0.3, 0.4) is 0 Å². The molecular formula is C17H24BNO3. The molecule has 0 atom stereocenters. The monoisotopic (exact) mass is 301 g/mol. The van der Waals surface area contributed by atoms with Gasteiger partial charge in [-0.2, -0.15) is 0 Å². The Balaban J connectivity index is 1.86. The average Bonchev–Trinajstić information content (AvgIpc) is 2.91. The molecule has 2 heterocycles. The van der Waals surface area contributed by atoms with Crippen molar-refractivity contribution in [3.8, 4) is 0 Å². The molecule has 2 fully saturated rings. The van der Waals surface area contributed by atoms with E-state index in [2.05, 4.69) is 33.8 Å². The Kier molecular flexibility index (Phi) is 3.61. The molecule has 0 radical (unpaired) electrons. The number of rotatable bonds is 2. The Morgan fingerprint density at radius 1 is 1.14 bits per heavy atom. The molecule has 4 nitrogen and oxygen atoms in total. The Morgan fingerprint density at radius 3 is 2.27 bits per heavy atom. The molecule has 0 spiro atoms. The highest BCUT2D eigenvalue weighted by Crippen LogP contribution is 2.37. The molecule has 0 bridgehead atoms. The lowest BCUT2D eigenvalue weighted by atomic mass is 9.76. The first-order valence-electron chi connectivity index (χ1n) is 7.98. The van der Waals surface area contributed by atoms with E-state index in [4.69, 9.17) is 9.31 Å². The molecule has 0 aliphatic carbocycles. The summed E-state index contributed by atoms with van der Waals surface area (Å²) >= 11 is 0. The number of carbonyl (C=O) groups excluding carboxylic acids is 1. The molecule has 3 rings (SSSR count). The summed E-state index contributed by atoms with van der Waals surface area (Å²) in [5, 5.41) is 0. The molecule has 1 amide bonds. The minimum Gasteiger partial charge on any atom is -0.399 e. The number of hydrogen-bond acceptors (Lipinski definition) is 3. The zero-order valence-corrected chi connectivity index (χ0v) is 14.1. The van der Waals surface area contributed by atoms with E-state index in [9.17, 15) is 4.79 Å². The summed E-state index contributed by atoms with van der Waals surface area (Å²) in [5.41, 5.74) is 2.42. The first-order valence-corrected chi connectivity index (χ1v) is 7.98. The van der Waals surface area contributed by atoms with Gasteiger partial charge in [0.05, 0.1) is 11.2 Å². The van der Waals surface area contributed by atoms with Crippen molar-refractivity contribution in [1.82, 2.24) is 0 Å². The lowest BCUT2D eigenvalue weighted by Crippen LogP contribution is -2.41. The lowest BCUT2D eigenvalue weighted by molar-refractivity contribution is -0.117. The van der Waals surface area contributed by atoms with Crippen LogP contribution in [0.1, 0.15) is 46.1 Å². The Morgan fingerprint density at radius 2 is 1.77 bits per heavy atom. The van der Waals surface area contributed by atoms with Crippen LogP contribution in [-0.2, 0) is 14.1 Å². The summed E-state index contributed by atoms with van der Waals surface area (Å²) in [4.78, 5) is 13.7. The zero-order chi connectivity index (χ0) is 16.1. The molecular weight excluding hydrogens is 277 g/mol. The predicted molar refractivity (Wildman–Crippen MR) is 88.5 cm³/mol. The molecule has 0 unspecified atom stereocenters. The van der Waals surface area contributed by atoms with Crippen LogP contribution in [-0.4, -0.2) is 30.8 Å². The smallest absolute Gasteiger partial charge is 0.399 e. The maximum absolute atomic E-state index is 11.9. The van der Waals surface area contributed by atoms with E-state index < -0.39 is 0 Å². The molecule has 2 saturated heterocycles. The molecule has 2 aliphatic heterocycles. The summed E-state index contributed by atoms with van der Waals surface area (Å²) < 4.78 is 12.2. The van der Waals surface area contributed by atoms with Gasteiger partial charge in [-0.1, -0.05) is 6.07 Å². The Bertz CT molecular complexity index is 596. The maximum Gasteiger partial charge on any atom is 0.495 e. The van der Waals surface area contributed by atoms with E-state index in [0.717, 1.165) is 29.7 Å². The van der Waals surface area contributed by atoms with Gasteiger partial charge in [0.15, 0.2) is 0 Å². The van der Waals surface area contributed by atoms with Gasteiger partial charge in [-0.15, -0.1) is 0 Å². The number of amides is 1. The van der Waals surface area contributed by atoms with Gasteiger partial charge >= 0.3 is 7.12 Å². The fourth-order valence-corrected chi connectivity index (χ4v) is 2.98. The third-order valence-electron chi connectivity index (χ3n) is 5.15. The first-order chi connectivity index (χ1) is 10.2. The normalized spacial score (nSPS) is 23.4. The molecule has 2 aliphatic rings. The number of aryl methyl sites for hydroxylation is 1. The molecule has 118 valence electrons. The highest BCUT2D eigenvalue weighted by molar-refractivity contribution is 6.62. The van der Waals surface area contributed by atoms with Crippen molar-refractivity contribution < 1.29 is 14.1 Å². The van der Waals surface area contributed by atoms with Crippen LogP contribution in [0.2, 0.25) is 0 Å². The minimum absolute atomic E-state index is 0.211. The molecule has 0 N–H and O–H groups in total. The van der Waals surface area contributed by atoms with E-state index in [-0.39, 0.29) is 24.2 Å². The van der Waals surface area contributed by atoms with Crippen molar-refractivity contribution in [1.29, 1.82) is 0 Å². The number of benzene rings is 1. The van der Waals surface area contributed by atoms with Crippen molar-refractivity contribution in [2.24, 2.45) is 0 Å². The van der Waals surface area contributed by atoms with Crippen molar-refractivity contribution in [3.05, 3.63) is 23.8 Å². The van der Waals surface area contributed by atoms with Gasteiger partial charge in [0.2, 0.25) is 5.91 Å². The van der Waals surface area contributed by atoms with Crippen LogP contribution in [0, 0.1) is 6.92 Å². The van der Waals surface area contributed by atoms with E-state index >= 15 is 0 Å². The second kappa shape index (κ2) is 5.10. The van der Waals surface area contributed by atoms with Gasteiger partial charge in [-0.3, -0.25) is 4.79 Å². The number of carbonyl (C=O) groups is 1. The van der Waals surface area contributed by atoms with Crippen molar-refractivity contribution >= 4 is 24.2 Å². The quantitative estimate of drug-likeness (QED) is 0.788. The van der Waals surface area contributed by atoms with Crippen LogP contribution in [0.5, 0.6) is 0 Å². The van der Waals surface area contributed by atoms with Crippen LogP contribution >= 0.6 is 0 Å². The molecule has 0 saturated carbocycles. The highest BCUT2D eigenvalue weighted by atomic mass is 16.7. The van der Waals surface area contributed by atoms with Gasteiger partial charge in [-0.05, 0) is 64.2 Å². The molecule has 5 heteroatoms. The zero-order valence-electron chi connectivity index (χ0n) is 14.1. The number of hydrogen-bond donors (Lipinski definition) is 0. The summed E-state index contributed by atoms with van der Waals surface area (Å²) in [6.07, 6.45) is 1.59. The van der Waals surface area contributed by atoms with Gasteiger partial charge in [-0.25, -0.2) is 0 Å². The summed E-state index contributed by atoms with van der Waals surface area (Å²) in [6.45, 7) is 11.1. The van der Waals surface area contributed by atoms with Crippen LogP contribution in [0.25, 0.3) is 0 Å². The summed E-state index contributed by atoms with van der Waals surface area (Å²) in [7, 11) is -0.353. The highest BCUT2D eigenvalue weighted by Gasteiger charge is 2.52.